The number of carbonyl (C=O) groups is 1. The molecule has 0 spiro atoms. The van der Waals surface area contributed by atoms with Crippen LogP contribution >= 0.6 is 0 Å². The first-order valence-corrected chi connectivity index (χ1v) is 7.10. The maximum atomic E-state index is 13.9. The van der Waals surface area contributed by atoms with Gasteiger partial charge in [0.1, 0.15) is 11.6 Å². The van der Waals surface area contributed by atoms with E-state index in [0.717, 1.165) is 18.2 Å². The van der Waals surface area contributed by atoms with Crippen LogP contribution in [0.3, 0.4) is 0 Å². The molecule has 0 atom stereocenters. The number of ether oxygens (including phenoxy) is 1. The second-order valence-electron chi connectivity index (χ2n) is 5.30. The van der Waals surface area contributed by atoms with Gasteiger partial charge in [-0.2, -0.15) is 0 Å². The molecule has 0 unspecified atom stereocenters. The molecule has 0 radical (unpaired) electrons. The van der Waals surface area contributed by atoms with Gasteiger partial charge in [-0.25, -0.2) is 9.18 Å². The Morgan fingerprint density at radius 3 is 2.36 bits per heavy atom. The molecule has 0 saturated heterocycles. The molecule has 0 aliphatic heterocycles. The van der Waals surface area contributed by atoms with Gasteiger partial charge in [0.05, 0.1) is 11.1 Å². The lowest BCUT2D eigenvalue weighted by Crippen LogP contribution is -2.17. The monoisotopic (exact) mass is 353 g/mol. The lowest BCUT2D eigenvalue weighted by Gasteiger charge is -2.11. The first-order chi connectivity index (χ1) is 11.7. The minimum absolute atomic E-state index is 0.0570. The highest BCUT2D eigenvalue weighted by Gasteiger charge is 2.30. The molecule has 1 N–H and O–H groups in total. The van der Waals surface area contributed by atoms with Gasteiger partial charge in [-0.05, 0) is 35.9 Å². The van der Waals surface area contributed by atoms with E-state index in [1.807, 2.05) is 0 Å². The number of halogens is 4. The molecule has 4 nitrogen and oxygen atoms in total. The van der Waals surface area contributed by atoms with E-state index in [4.69, 9.17) is 0 Å². The van der Waals surface area contributed by atoms with Crippen LogP contribution in [0.25, 0.3) is 10.9 Å². The van der Waals surface area contributed by atoms with Gasteiger partial charge in [0.15, 0.2) is 0 Å². The van der Waals surface area contributed by atoms with Crippen molar-refractivity contribution in [3.8, 4) is 5.75 Å². The van der Waals surface area contributed by atoms with E-state index in [9.17, 15) is 27.5 Å². The molecule has 0 aliphatic carbocycles. The van der Waals surface area contributed by atoms with Crippen molar-refractivity contribution in [1.82, 2.24) is 4.57 Å². The fraction of sp³-hybridized carbons (Fsp3) is 0.118. The van der Waals surface area contributed by atoms with Crippen LogP contribution in [0, 0.1) is 5.82 Å². The van der Waals surface area contributed by atoms with E-state index in [-0.39, 0.29) is 28.8 Å². The molecule has 0 bridgehead atoms. The van der Waals surface area contributed by atoms with Crippen LogP contribution in [0.5, 0.6) is 5.75 Å². The number of alkyl halides is 3. The Bertz CT molecular complexity index is 929. The smallest absolute Gasteiger partial charge is 0.478 e. The molecule has 8 heteroatoms. The van der Waals surface area contributed by atoms with E-state index in [2.05, 4.69) is 4.74 Å². The summed E-state index contributed by atoms with van der Waals surface area (Å²) in [5.74, 6) is -2.10. The lowest BCUT2D eigenvalue weighted by atomic mass is 10.1. The van der Waals surface area contributed by atoms with Crippen molar-refractivity contribution in [3.63, 3.8) is 0 Å². The number of fused-ring (bicyclic) bond motifs is 1. The van der Waals surface area contributed by atoms with Gasteiger partial charge in [0, 0.05) is 18.1 Å². The van der Waals surface area contributed by atoms with Crippen LogP contribution in [-0.2, 0) is 6.54 Å². The van der Waals surface area contributed by atoms with Crippen molar-refractivity contribution in [2.24, 2.45) is 0 Å². The third kappa shape index (κ3) is 3.57. The number of nitrogens with zero attached hydrogens (tertiary/aromatic N) is 1. The highest BCUT2D eigenvalue weighted by molar-refractivity contribution is 6.02. The highest BCUT2D eigenvalue weighted by atomic mass is 19.4. The quantitative estimate of drug-likeness (QED) is 0.706. The largest absolute Gasteiger partial charge is 0.573 e. The van der Waals surface area contributed by atoms with Crippen LogP contribution in [-0.4, -0.2) is 22.0 Å². The standard InChI is InChI=1S/C17H11F4NO3/c18-14-6-5-13(16(23)24)15-12(14)7-8-22(15)9-10-1-3-11(4-2-10)25-17(19,20)21/h1-8H,9H2,(H,23,24). The summed E-state index contributed by atoms with van der Waals surface area (Å²) in [5, 5.41) is 9.43. The Morgan fingerprint density at radius 2 is 1.76 bits per heavy atom. The number of hydrogen-bond acceptors (Lipinski definition) is 2. The van der Waals surface area contributed by atoms with Crippen LogP contribution < -0.4 is 4.74 Å². The van der Waals surface area contributed by atoms with Crippen molar-refractivity contribution in [2.75, 3.05) is 0 Å². The zero-order valence-electron chi connectivity index (χ0n) is 12.5. The summed E-state index contributed by atoms with van der Waals surface area (Å²) >= 11 is 0. The van der Waals surface area contributed by atoms with Gasteiger partial charge in [0.25, 0.3) is 0 Å². The van der Waals surface area contributed by atoms with Crippen LogP contribution in [0.15, 0.2) is 48.7 Å². The van der Waals surface area contributed by atoms with Crippen molar-refractivity contribution in [3.05, 3.63) is 65.6 Å². The summed E-state index contributed by atoms with van der Waals surface area (Å²) < 4.78 is 55.7. The fourth-order valence-corrected chi connectivity index (χ4v) is 2.59. The molecule has 1 aromatic heterocycles. The number of hydrogen-bond donors (Lipinski definition) is 1. The maximum absolute atomic E-state index is 13.9. The van der Waals surface area contributed by atoms with Gasteiger partial charge in [-0.15, -0.1) is 13.2 Å². The number of carboxylic acids is 1. The fourth-order valence-electron chi connectivity index (χ4n) is 2.59. The predicted octanol–water partition coefficient (Wildman–Crippen LogP) is 4.43. The second-order valence-corrected chi connectivity index (χ2v) is 5.30. The first kappa shape index (κ1) is 16.8. The van der Waals surface area contributed by atoms with Gasteiger partial charge in [-0.3, -0.25) is 0 Å². The lowest BCUT2D eigenvalue weighted by molar-refractivity contribution is -0.274. The average molecular weight is 353 g/mol. The number of aromatic carboxylic acids is 1. The molecule has 130 valence electrons. The molecular formula is C17H11F4NO3. The van der Waals surface area contributed by atoms with E-state index >= 15 is 0 Å². The SMILES string of the molecule is O=C(O)c1ccc(F)c2ccn(Cc3ccc(OC(F)(F)F)cc3)c12. The Hall–Kier alpha value is -3.03. The van der Waals surface area contributed by atoms with Crippen molar-refractivity contribution in [2.45, 2.75) is 12.9 Å². The maximum Gasteiger partial charge on any atom is 0.573 e. The van der Waals surface area contributed by atoms with Crippen molar-refractivity contribution >= 4 is 16.9 Å². The molecular weight excluding hydrogens is 342 g/mol. The molecule has 0 fully saturated rings. The summed E-state index contributed by atoms with van der Waals surface area (Å²) in [5.41, 5.74) is 0.758. The van der Waals surface area contributed by atoms with E-state index in [0.29, 0.717) is 5.56 Å². The summed E-state index contributed by atoms with van der Waals surface area (Å²) in [7, 11) is 0. The zero-order chi connectivity index (χ0) is 18.2. The minimum Gasteiger partial charge on any atom is -0.478 e. The molecule has 0 amide bonds. The average Bonchev–Trinajstić information content (AvgIpc) is 2.93. The van der Waals surface area contributed by atoms with Crippen LogP contribution in [0.4, 0.5) is 17.6 Å². The summed E-state index contributed by atoms with van der Waals surface area (Å²) in [4.78, 5) is 11.3. The normalized spacial score (nSPS) is 11.7. The molecule has 0 aliphatic rings. The third-order valence-corrected chi connectivity index (χ3v) is 3.61. The molecule has 2 aromatic carbocycles. The number of carboxylic acid groups (broad SMARTS) is 1. The summed E-state index contributed by atoms with van der Waals surface area (Å²) in [6.07, 6.45) is -3.24. The second kappa shape index (κ2) is 6.12. The Labute approximate surface area is 138 Å². The Kier molecular flexibility index (Phi) is 4.12. The predicted molar refractivity (Wildman–Crippen MR) is 81.1 cm³/mol. The minimum atomic E-state index is -4.77. The Balaban J connectivity index is 1.93. The molecule has 3 aromatic rings. The highest BCUT2D eigenvalue weighted by Crippen LogP contribution is 2.26. The van der Waals surface area contributed by atoms with Crippen molar-refractivity contribution < 1.29 is 32.2 Å². The topological polar surface area (TPSA) is 51.5 Å². The first-order valence-electron chi connectivity index (χ1n) is 7.10. The molecule has 3 rings (SSSR count). The molecule has 0 saturated carbocycles. The van der Waals surface area contributed by atoms with E-state index in [1.54, 1.807) is 0 Å². The van der Waals surface area contributed by atoms with Gasteiger partial charge < -0.3 is 14.4 Å². The Morgan fingerprint density at radius 1 is 1.08 bits per heavy atom. The number of rotatable bonds is 4. The van der Waals surface area contributed by atoms with Crippen LogP contribution in [0.1, 0.15) is 15.9 Å². The summed E-state index contributed by atoms with van der Waals surface area (Å²) in [6.45, 7) is 0.166. The third-order valence-electron chi connectivity index (χ3n) is 3.61. The molecule has 1 heterocycles. The van der Waals surface area contributed by atoms with Gasteiger partial charge in [-0.1, -0.05) is 12.1 Å². The van der Waals surface area contributed by atoms with Gasteiger partial charge >= 0.3 is 12.3 Å². The summed E-state index contributed by atoms with van der Waals surface area (Å²) in [6, 6.07) is 8.88. The molecule has 25 heavy (non-hydrogen) atoms. The number of benzene rings is 2. The van der Waals surface area contributed by atoms with Crippen molar-refractivity contribution in [1.29, 1.82) is 0 Å². The van der Waals surface area contributed by atoms with E-state index < -0.39 is 18.1 Å². The van der Waals surface area contributed by atoms with Crippen LogP contribution in [0.2, 0.25) is 0 Å². The zero-order valence-corrected chi connectivity index (χ0v) is 12.5. The van der Waals surface area contributed by atoms with Gasteiger partial charge in [0.2, 0.25) is 0 Å². The number of aromatic nitrogens is 1. The van der Waals surface area contributed by atoms with E-state index in [1.165, 1.54) is 35.0 Å².